The third-order valence-corrected chi connectivity index (χ3v) is 3.96. The summed E-state index contributed by atoms with van der Waals surface area (Å²) in [6.07, 6.45) is 5.88. The number of aliphatic hydroxyl groups is 1. The van der Waals surface area contributed by atoms with Crippen molar-refractivity contribution in [1.29, 1.82) is 0 Å². The Hall–Kier alpha value is -1.89. The van der Waals surface area contributed by atoms with Crippen molar-refractivity contribution in [3.05, 3.63) is 6.33 Å². The molecule has 1 atom stereocenters. The van der Waals surface area contributed by atoms with Crippen LogP contribution in [-0.2, 0) is 0 Å². The zero-order valence-corrected chi connectivity index (χ0v) is 12.3. The number of nitrogens with zero attached hydrogens (tertiary/aromatic N) is 4. The molecule has 1 fully saturated rings. The molecule has 2 aromatic rings. The first-order chi connectivity index (χ1) is 10.3. The van der Waals surface area contributed by atoms with E-state index in [1.165, 1.54) is 6.42 Å². The van der Waals surface area contributed by atoms with Gasteiger partial charge in [0.2, 0.25) is 5.95 Å². The number of aromatic amines is 1. The summed E-state index contributed by atoms with van der Waals surface area (Å²) in [6, 6.07) is 0.333. The summed E-state index contributed by atoms with van der Waals surface area (Å²) in [5, 5.41) is 12.5. The number of imidazole rings is 1. The Labute approximate surface area is 123 Å². The van der Waals surface area contributed by atoms with Gasteiger partial charge in [0.15, 0.2) is 11.5 Å². The summed E-state index contributed by atoms with van der Waals surface area (Å²) in [5.41, 5.74) is 1.56. The molecular weight excluding hydrogens is 268 g/mol. The van der Waals surface area contributed by atoms with Crippen LogP contribution in [0.5, 0.6) is 0 Å². The van der Waals surface area contributed by atoms with Crippen molar-refractivity contribution in [2.75, 3.05) is 29.9 Å². The molecule has 0 saturated carbocycles. The Morgan fingerprint density at radius 1 is 1.43 bits per heavy atom. The van der Waals surface area contributed by atoms with Crippen LogP contribution < -0.4 is 10.2 Å². The summed E-state index contributed by atoms with van der Waals surface area (Å²) >= 11 is 0. The molecule has 1 aliphatic heterocycles. The van der Waals surface area contributed by atoms with E-state index in [0.717, 1.165) is 43.7 Å². The van der Waals surface area contributed by atoms with Gasteiger partial charge in [-0.3, -0.25) is 0 Å². The highest BCUT2D eigenvalue weighted by atomic mass is 16.3. The number of aromatic nitrogens is 4. The van der Waals surface area contributed by atoms with E-state index in [1.807, 2.05) is 6.92 Å². The first-order valence-electron chi connectivity index (χ1n) is 7.66. The molecule has 0 amide bonds. The molecule has 7 heteroatoms. The number of anilines is 2. The topological polar surface area (TPSA) is 90.0 Å². The van der Waals surface area contributed by atoms with Gasteiger partial charge >= 0.3 is 0 Å². The molecular formula is C14H22N6O. The van der Waals surface area contributed by atoms with Crippen molar-refractivity contribution < 1.29 is 5.11 Å². The summed E-state index contributed by atoms with van der Waals surface area (Å²) in [6.45, 7) is 3.96. The molecule has 2 aromatic heterocycles. The van der Waals surface area contributed by atoms with E-state index >= 15 is 0 Å². The number of hydrogen-bond donors (Lipinski definition) is 3. The molecule has 7 nitrogen and oxygen atoms in total. The van der Waals surface area contributed by atoms with Gasteiger partial charge < -0.3 is 20.3 Å². The van der Waals surface area contributed by atoms with Crippen LogP contribution in [0.15, 0.2) is 6.33 Å². The first-order valence-corrected chi connectivity index (χ1v) is 7.66. The molecule has 0 spiro atoms. The van der Waals surface area contributed by atoms with Crippen molar-refractivity contribution >= 4 is 22.9 Å². The van der Waals surface area contributed by atoms with Gasteiger partial charge in [-0.2, -0.15) is 9.97 Å². The van der Waals surface area contributed by atoms with Crippen molar-refractivity contribution in [2.45, 2.75) is 38.6 Å². The molecule has 0 radical (unpaired) electrons. The van der Waals surface area contributed by atoms with E-state index in [0.29, 0.717) is 17.6 Å². The van der Waals surface area contributed by atoms with E-state index in [-0.39, 0.29) is 6.61 Å². The molecule has 3 heterocycles. The summed E-state index contributed by atoms with van der Waals surface area (Å²) in [4.78, 5) is 18.8. The lowest BCUT2D eigenvalue weighted by Gasteiger charge is -2.36. The smallest absolute Gasteiger partial charge is 0.226 e. The second kappa shape index (κ2) is 6.26. The van der Waals surface area contributed by atoms with Crippen LogP contribution in [0.4, 0.5) is 11.8 Å². The normalized spacial score (nSPS) is 19.1. The predicted molar refractivity (Wildman–Crippen MR) is 82.5 cm³/mol. The van der Waals surface area contributed by atoms with Crippen LogP contribution in [0.2, 0.25) is 0 Å². The van der Waals surface area contributed by atoms with Crippen molar-refractivity contribution in [3.63, 3.8) is 0 Å². The van der Waals surface area contributed by atoms with Gasteiger partial charge in [-0.05, 0) is 32.6 Å². The van der Waals surface area contributed by atoms with Gasteiger partial charge in [0, 0.05) is 25.7 Å². The molecule has 3 N–H and O–H groups in total. The molecule has 1 aliphatic rings. The van der Waals surface area contributed by atoms with Crippen molar-refractivity contribution in [3.8, 4) is 0 Å². The Balaban J connectivity index is 2.01. The Bertz CT molecular complexity index is 596. The van der Waals surface area contributed by atoms with E-state index < -0.39 is 0 Å². The fourth-order valence-electron chi connectivity index (χ4n) is 2.99. The van der Waals surface area contributed by atoms with Crippen molar-refractivity contribution in [2.24, 2.45) is 0 Å². The number of hydrogen-bond acceptors (Lipinski definition) is 6. The van der Waals surface area contributed by atoms with Crippen LogP contribution in [0.3, 0.4) is 0 Å². The molecule has 0 aliphatic carbocycles. The van der Waals surface area contributed by atoms with E-state index in [2.05, 4.69) is 30.2 Å². The highest BCUT2D eigenvalue weighted by Gasteiger charge is 2.26. The zero-order chi connectivity index (χ0) is 14.7. The number of nitrogens with one attached hydrogen (secondary N) is 2. The average Bonchev–Trinajstić information content (AvgIpc) is 2.96. The molecule has 3 rings (SSSR count). The number of fused-ring (bicyclic) bond motifs is 1. The second-order valence-electron chi connectivity index (χ2n) is 5.36. The number of rotatable bonds is 5. The largest absolute Gasteiger partial charge is 0.396 e. The minimum atomic E-state index is 0.207. The lowest BCUT2D eigenvalue weighted by molar-refractivity contribution is 0.262. The number of aliphatic hydroxyl groups excluding tert-OH is 1. The summed E-state index contributed by atoms with van der Waals surface area (Å²) in [7, 11) is 0. The van der Waals surface area contributed by atoms with Crippen LogP contribution in [0.25, 0.3) is 11.2 Å². The molecule has 0 aromatic carbocycles. The van der Waals surface area contributed by atoms with Gasteiger partial charge in [-0.15, -0.1) is 0 Å². The maximum atomic E-state index is 9.30. The highest BCUT2D eigenvalue weighted by Crippen LogP contribution is 2.29. The molecule has 1 unspecified atom stereocenters. The van der Waals surface area contributed by atoms with Crippen LogP contribution in [0, 0.1) is 0 Å². The van der Waals surface area contributed by atoms with Crippen LogP contribution >= 0.6 is 0 Å². The molecule has 0 bridgehead atoms. The fraction of sp³-hybridized carbons (Fsp3) is 0.643. The predicted octanol–water partition coefficient (Wildman–Crippen LogP) is 1.53. The van der Waals surface area contributed by atoms with Crippen LogP contribution in [-0.4, -0.2) is 50.8 Å². The van der Waals surface area contributed by atoms with E-state index in [9.17, 15) is 5.11 Å². The minimum Gasteiger partial charge on any atom is -0.396 e. The summed E-state index contributed by atoms with van der Waals surface area (Å²) < 4.78 is 0. The average molecular weight is 290 g/mol. The molecule has 21 heavy (non-hydrogen) atoms. The minimum absolute atomic E-state index is 0.207. The zero-order valence-electron chi connectivity index (χ0n) is 12.3. The SMILES string of the molecule is CCNc1nc(N2CCCCC2CCO)c2[nH]cnc2n1. The number of piperidine rings is 1. The maximum Gasteiger partial charge on any atom is 0.226 e. The monoisotopic (exact) mass is 290 g/mol. The first kappa shape index (κ1) is 14.1. The van der Waals surface area contributed by atoms with Crippen LogP contribution in [0.1, 0.15) is 32.6 Å². The maximum absolute atomic E-state index is 9.30. The third kappa shape index (κ3) is 2.78. The Morgan fingerprint density at radius 3 is 3.14 bits per heavy atom. The van der Waals surface area contributed by atoms with Gasteiger partial charge in [0.1, 0.15) is 5.52 Å². The lowest BCUT2D eigenvalue weighted by atomic mass is 9.99. The number of H-pyrrole nitrogens is 1. The fourth-order valence-corrected chi connectivity index (χ4v) is 2.99. The van der Waals surface area contributed by atoms with Gasteiger partial charge in [-0.25, -0.2) is 4.98 Å². The van der Waals surface area contributed by atoms with Gasteiger partial charge in [0.05, 0.1) is 6.33 Å². The molecule has 1 saturated heterocycles. The molecule has 114 valence electrons. The summed E-state index contributed by atoms with van der Waals surface area (Å²) in [5.74, 6) is 1.51. The highest BCUT2D eigenvalue weighted by molar-refractivity contribution is 5.84. The standard InChI is InChI=1S/C14H22N6O/c1-2-15-14-18-12-11(16-9-17-12)13(19-14)20-7-4-3-5-10(20)6-8-21/h9-10,21H,2-8H2,1H3,(H2,15,16,17,18,19). The third-order valence-electron chi connectivity index (χ3n) is 3.96. The Morgan fingerprint density at radius 2 is 2.33 bits per heavy atom. The lowest BCUT2D eigenvalue weighted by Crippen LogP contribution is -2.41. The van der Waals surface area contributed by atoms with Gasteiger partial charge in [-0.1, -0.05) is 0 Å². The quantitative estimate of drug-likeness (QED) is 0.773. The second-order valence-corrected chi connectivity index (χ2v) is 5.36. The van der Waals surface area contributed by atoms with E-state index in [4.69, 9.17) is 0 Å². The van der Waals surface area contributed by atoms with Crippen molar-refractivity contribution in [1.82, 2.24) is 19.9 Å². The van der Waals surface area contributed by atoms with Gasteiger partial charge in [0.25, 0.3) is 0 Å². The Kier molecular flexibility index (Phi) is 4.19. The van der Waals surface area contributed by atoms with E-state index in [1.54, 1.807) is 6.33 Å².